The predicted octanol–water partition coefficient (Wildman–Crippen LogP) is 5.44. The number of para-hydroxylation sites is 1. The molecule has 0 radical (unpaired) electrons. The molecule has 0 aromatic heterocycles. The van der Waals surface area contributed by atoms with Crippen LogP contribution in [-0.2, 0) is 0 Å². The van der Waals surface area contributed by atoms with Crippen LogP contribution in [0.1, 0.15) is 52.7 Å². The van der Waals surface area contributed by atoms with E-state index in [9.17, 15) is 9.90 Å². The molecule has 2 aromatic rings. The number of carboxylic acids is 1. The van der Waals surface area contributed by atoms with Gasteiger partial charge in [-0.15, -0.1) is 0 Å². The highest BCUT2D eigenvalue weighted by Gasteiger charge is 2.54. The Balaban J connectivity index is 1.67. The number of anilines is 1. The van der Waals surface area contributed by atoms with E-state index >= 15 is 0 Å². The van der Waals surface area contributed by atoms with Gasteiger partial charge in [-0.05, 0) is 72.3 Å². The Morgan fingerprint density at radius 2 is 1.84 bits per heavy atom. The molecule has 5 rings (SSSR count). The first-order valence-electron chi connectivity index (χ1n) is 9.01. The van der Waals surface area contributed by atoms with E-state index in [4.69, 9.17) is 0 Å². The van der Waals surface area contributed by atoms with Crippen LogP contribution in [0.5, 0.6) is 0 Å². The summed E-state index contributed by atoms with van der Waals surface area (Å²) in [7, 11) is 0. The summed E-state index contributed by atoms with van der Waals surface area (Å²) in [6.07, 6.45) is 3.89. The lowest BCUT2D eigenvalue weighted by Gasteiger charge is -2.44. The van der Waals surface area contributed by atoms with Crippen molar-refractivity contribution in [2.75, 3.05) is 5.32 Å². The highest BCUT2D eigenvalue weighted by molar-refractivity contribution is 9.10. The molecule has 3 aliphatic rings. The first-order chi connectivity index (χ1) is 12.1. The number of aromatic carboxylic acids is 1. The fourth-order valence-corrected chi connectivity index (χ4v) is 5.96. The summed E-state index contributed by atoms with van der Waals surface area (Å²) in [6.45, 7) is 0. The van der Waals surface area contributed by atoms with Crippen LogP contribution in [0.2, 0.25) is 0 Å². The molecule has 0 spiro atoms. The van der Waals surface area contributed by atoms with Gasteiger partial charge in [0.1, 0.15) is 0 Å². The number of carbonyl (C=O) groups is 1. The van der Waals surface area contributed by atoms with Crippen molar-refractivity contribution in [3.8, 4) is 0 Å². The first kappa shape index (κ1) is 15.4. The normalized spacial score (nSPS) is 32.0. The number of fused-ring (bicyclic) bond motifs is 7. The second kappa shape index (κ2) is 5.60. The number of halogens is 1. The van der Waals surface area contributed by atoms with Crippen molar-refractivity contribution in [2.45, 2.75) is 31.2 Å². The Morgan fingerprint density at radius 1 is 1.08 bits per heavy atom. The molecule has 2 bridgehead atoms. The minimum atomic E-state index is -0.847. The van der Waals surface area contributed by atoms with Crippen LogP contribution in [-0.4, -0.2) is 11.1 Å². The minimum absolute atomic E-state index is 0.196. The van der Waals surface area contributed by atoms with Gasteiger partial charge in [0.25, 0.3) is 0 Å². The molecule has 2 fully saturated rings. The van der Waals surface area contributed by atoms with Crippen molar-refractivity contribution < 1.29 is 9.90 Å². The van der Waals surface area contributed by atoms with Gasteiger partial charge < -0.3 is 10.4 Å². The second-order valence-corrected chi connectivity index (χ2v) is 8.60. The summed E-state index contributed by atoms with van der Waals surface area (Å²) in [4.78, 5) is 11.8. The maximum Gasteiger partial charge on any atom is 0.337 e. The number of hydrogen-bond acceptors (Lipinski definition) is 2. The Labute approximate surface area is 155 Å². The van der Waals surface area contributed by atoms with Crippen molar-refractivity contribution in [3.05, 3.63) is 63.6 Å². The van der Waals surface area contributed by atoms with Gasteiger partial charge in [0.2, 0.25) is 0 Å². The van der Waals surface area contributed by atoms with E-state index in [-0.39, 0.29) is 6.04 Å². The number of benzene rings is 2. The van der Waals surface area contributed by atoms with Crippen molar-refractivity contribution in [3.63, 3.8) is 0 Å². The van der Waals surface area contributed by atoms with Crippen LogP contribution in [0, 0.1) is 17.8 Å². The Morgan fingerprint density at radius 3 is 2.60 bits per heavy atom. The van der Waals surface area contributed by atoms with Gasteiger partial charge in [-0.1, -0.05) is 40.2 Å². The number of nitrogens with one attached hydrogen (secondary N) is 1. The van der Waals surface area contributed by atoms with E-state index in [1.807, 2.05) is 6.07 Å². The molecule has 25 heavy (non-hydrogen) atoms. The SMILES string of the molecule is O=C(O)c1cccc2c1N[C@H](c1ccc(Br)cc1)[C@H]1[C@@H]3CC[C@H](C3)[C@H]21. The van der Waals surface area contributed by atoms with Crippen LogP contribution in [0.3, 0.4) is 0 Å². The van der Waals surface area contributed by atoms with Gasteiger partial charge in [-0.25, -0.2) is 4.79 Å². The standard InChI is InChI=1S/C21H20BrNO2/c22-14-8-6-11(7-9-14)19-18-13-5-4-12(10-13)17(18)15-2-1-3-16(21(24)25)20(15)23-19/h1-3,6-9,12-13,17-19,23H,4-5,10H2,(H,24,25)/t12-,13-,17-,18+,19-/m1/s1. The third-order valence-corrected chi connectivity index (χ3v) is 7.11. The Hall–Kier alpha value is -1.81. The van der Waals surface area contributed by atoms with Crippen LogP contribution in [0.4, 0.5) is 5.69 Å². The minimum Gasteiger partial charge on any atom is -0.478 e. The highest BCUT2D eigenvalue weighted by Crippen LogP contribution is 2.63. The zero-order valence-corrected chi connectivity index (χ0v) is 15.4. The summed E-state index contributed by atoms with van der Waals surface area (Å²) in [5.41, 5.74) is 3.74. The number of rotatable bonds is 2. The van der Waals surface area contributed by atoms with Crippen molar-refractivity contribution >= 4 is 27.6 Å². The summed E-state index contributed by atoms with van der Waals surface area (Å²) < 4.78 is 1.07. The van der Waals surface area contributed by atoms with Gasteiger partial charge in [0, 0.05) is 4.47 Å². The van der Waals surface area contributed by atoms with E-state index in [1.165, 1.54) is 30.4 Å². The molecule has 2 N–H and O–H groups in total. The molecule has 3 nitrogen and oxygen atoms in total. The maximum absolute atomic E-state index is 11.8. The number of hydrogen-bond donors (Lipinski definition) is 2. The maximum atomic E-state index is 11.8. The lowest BCUT2D eigenvalue weighted by atomic mass is 9.67. The molecule has 128 valence electrons. The summed E-state index contributed by atoms with van der Waals surface area (Å²) in [5.74, 6) is 1.66. The van der Waals surface area contributed by atoms with Crippen LogP contribution in [0.15, 0.2) is 46.9 Å². The quantitative estimate of drug-likeness (QED) is 0.708. The van der Waals surface area contributed by atoms with Gasteiger partial charge in [-0.2, -0.15) is 0 Å². The predicted molar refractivity (Wildman–Crippen MR) is 101 cm³/mol. The van der Waals surface area contributed by atoms with E-state index in [1.54, 1.807) is 6.07 Å². The molecule has 4 heteroatoms. The monoisotopic (exact) mass is 397 g/mol. The molecule has 5 atom stereocenters. The van der Waals surface area contributed by atoms with Crippen LogP contribution in [0.25, 0.3) is 0 Å². The van der Waals surface area contributed by atoms with Gasteiger partial charge in [0.15, 0.2) is 0 Å². The van der Waals surface area contributed by atoms with Crippen molar-refractivity contribution in [1.82, 2.24) is 0 Å². The van der Waals surface area contributed by atoms with Crippen LogP contribution >= 0.6 is 15.9 Å². The van der Waals surface area contributed by atoms with E-state index in [0.717, 1.165) is 16.1 Å². The molecule has 0 unspecified atom stereocenters. The second-order valence-electron chi connectivity index (χ2n) is 7.68. The molecule has 1 aliphatic heterocycles. The fraction of sp³-hybridized carbons (Fsp3) is 0.381. The van der Waals surface area contributed by atoms with Gasteiger partial charge in [0.05, 0.1) is 17.3 Å². The Kier molecular flexibility index (Phi) is 3.46. The molecule has 0 saturated heterocycles. The highest BCUT2D eigenvalue weighted by atomic mass is 79.9. The van der Waals surface area contributed by atoms with Gasteiger partial charge in [-0.3, -0.25) is 0 Å². The Bertz CT molecular complexity index is 847. The summed E-state index contributed by atoms with van der Waals surface area (Å²) >= 11 is 3.52. The van der Waals surface area contributed by atoms with Crippen LogP contribution < -0.4 is 5.32 Å². The first-order valence-corrected chi connectivity index (χ1v) is 9.81. The fourth-order valence-electron chi connectivity index (χ4n) is 5.69. The summed E-state index contributed by atoms with van der Waals surface area (Å²) in [6, 6.07) is 14.5. The van der Waals surface area contributed by atoms with Crippen molar-refractivity contribution in [2.24, 2.45) is 17.8 Å². The number of carboxylic acid groups (broad SMARTS) is 1. The van der Waals surface area contributed by atoms with E-state index < -0.39 is 5.97 Å². The molecule has 2 aromatic carbocycles. The molecular formula is C21H20BrNO2. The molecule has 2 saturated carbocycles. The van der Waals surface area contributed by atoms with Crippen molar-refractivity contribution in [1.29, 1.82) is 0 Å². The average Bonchev–Trinajstić information content (AvgIpc) is 3.23. The molecule has 1 heterocycles. The largest absolute Gasteiger partial charge is 0.478 e. The summed E-state index contributed by atoms with van der Waals surface area (Å²) in [5, 5.41) is 13.3. The lowest BCUT2D eigenvalue weighted by molar-refractivity contribution is 0.0697. The molecular weight excluding hydrogens is 378 g/mol. The average molecular weight is 398 g/mol. The topological polar surface area (TPSA) is 49.3 Å². The lowest BCUT2D eigenvalue weighted by Crippen LogP contribution is -2.36. The zero-order valence-electron chi connectivity index (χ0n) is 13.8. The van der Waals surface area contributed by atoms with E-state index in [0.29, 0.717) is 23.3 Å². The third kappa shape index (κ3) is 2.27. The third-order valence-electron chi connectivity index (χ3n) is 6.58. The molecule has 2 aliphatic carbocycles. The molecule has 0 amide bonds. The zero-order chi connectivity index (χ0) is 17.1. The smallest absolute Gasteiger partial charge is 0.337 e. The van der Waals surface area contributed by atoms with E-state index in [2.05, 4.69) is 51.6 Å². The van der Waals surface area contributed by atoms with Gasteiger partial charge >= 0.3 is 5.97 Å².